The zero-order chi connectivity index (χ0) is 24.4. The van der Waals surface area contributed by atoms with Crippen LogP contribution in [0.2, 0.25) is 0 Å². The van der Waals surface area contributed by atoms with Gasteiger partial charge in [-0.05, 0) is 49.5 Å². The maximum Gasteiger partial charge on any atom is 0.295 e. The molecule has 176 valence electrons. The predicted molar refractivity (Wildman–Crippen MR) is 131 cm³/mol. The van der Waals surface area contributed by atoms with Crippen LogP contribution in [0.15, 0.2) is 66.2 Å². The molecule has 0 saturated carbocycles. The number of carbonyl (C=O) groups is 2. The van der Waals surface area contributed by atoms with E-state index in [0.717, 1.165) is 10.8 Å². The molecule has 1 atom stereocenters. The minimum atomic E-state index is -0.821. The van der Waals surface area contributed by atoms with E-state index in [1.54, 1.807) is 25.1 Å². The summed E-state index contributed by atoms with van der Waals surface area (Å²) in [6, 6.07) is 17.0. The van der Waals surface area contributed by atoms with Crippen LogP contribution in [0, 0.1) is 0 Å². The standard InChI is InChI=1S/C27H28N2O5/c1-4-34-22-16-18(12-13-21(22)30)24-23(26(32)27(33)29(24)15-14-28(2)3)25(31)20-11-7-9-17-8-5-6-10-19(17)20/h5-13,16,24,30-31H,4,14-15H2,1-3H3/b25-23+. The third-order valence-corrected chi connectivity index (χ3v) is 5.97. The fourth-order valence-electron chi connectivity index (χ4n) is 4.31. The third-order valence-electron chi connectivity index (χ3n) is 5.97. The van der Waals surface area contributed by atoms with E-state index in [2.05, 4.69) is 0 Å². The van der Waals surface area contributed by atoms with Crippen molar-refractivity contribution in [2.24, 2.45) is 0 Å². The number of ether oxygens (including phenoxy) is 1. The van der Waals surface area contributed by atoms with Gasteiger partial charge in [-0.15, -0.1) is 0 Å². The van der Waals surface area contributed by atoms with Crippen LogP contribution >= 0.6 is 0 Å². The predicted octanol–water partition coefficient (Wildman–Crippen LogP) is 3.93. The smallest absolute Gasteiger partial charge is 0.295 e. The molecule has 1 amide bonds. The number of phenols is 1. The lowest BCUT2D eigenvalue weighted by atomic mass is 9.93. The van der Waals surface area contributed by atoms with Crippen LogP contribution in [0.4, 0.5) is 0 Å². The molecule has 4 rings (SSSR count). The summed E-state index contributed by atoms with van der Waals surface area (Å²) in [6.07, 6.45) is 0. The van der Waals surface area contributed by atoms with Gasteiger partial charge in [-0.25, -0.2) is 0 Å². The van der Waals surface area contributed by atoms with Crippen molar-refractivity contribution >= 4 is 28.2 Å². The Morgan fingerprint density at radius 1 is 1.06 bits per heavy atom. The van der Waals surface area contributed by atoms with Gasteiger partial charge >= 0.3 is 0 Å². The molecule has 3 aromatic rings. The van der Waals surface area contributed by atoms with Gasteiger partial charge in [0.05, 0.1) is 18.2 Å². The molecule has 1 unspecified atom stereocenters. The van der Waals surface area contributed by atoms with Gasteiger partial charge in [0, 0.05) is 18.7 Å². The molecule has 1 fully saturated rings. The number of benzene rings is 3. The number of nitrogens with zero attached hydrogens (tertiary/aromatic N) is 2. The number of aromatic hydroxyl groups is 1. The fourth-order valence-corrected chi connectivity index (χ4v) is 4.31. The summed E-state index contributed by atoms with van der Waals surface area (Å²) in [5.41, 5.74) is 1.08. The molecule has 0 bridgehead atoms. The van der Waals surface area contributed by atoms with E-state index in [0.29, 0.717) is 30.8 Å². The average molecular weight is 461 g/mol. The molecule has 7 nitrogen and oxygen atoms in total. The van der Waals surface area contributed by atoms with Crippen molar-refractivity contribution in [1.82, 2.24) is 9.80 Å². The number of aliphatic hydroxyl groups is 1. The van der Waals surface area contributed by atoms with Crippen LogP contribution in [0.1, 0.15) is 24.1 Å². The first kappa shape index (κ1) is 23.3. The van der Waals surface area contributed by atoms with Crippen LogP contribution < -0.4 is 4.74 Å². The van der Waals surface area contributed by atoms with Crippen LogP contribution in [0.5, 0.6) is 11.5 Å². The number of hydrogen-bond acceptors (Lipinski definition) is 6. The second-order valence-electron chi connectivity index (χ2n) is 8.48. The molecule has 34 heavy (non-hydrogen) atoms. The summed E-state index contributed by atoms with van der Waals surface area (Å²) in [5, 5.41) is 23.3. The molecular formula is C27H28N2O5. The molecule has 1 heterocycles. The lowest BCUT2D eigenvalue weighted by Crippen LogP contribution is -2.35. The van der Waals surface area contributed by atoms with Crippen LogP contribution in [0.25, 0.3) is 16.5 Å². The van der Waals surface area contributed by atoms with Gasteiger partial charge in [0.25, 0.3) is 11.7 Å². The van der Waals surface area contributed by atoms with E-state index in [4.69, 9.17) is 4.74 Å². The Labute approximate surface area is 198 Å². The number of ketones is 1. The molecule has 0 aromatic heterocycles. The molecule has 7 heteroatoms. The van der Waals surface area contributed by atoms with Crippen LogP contribution in [-0.4, -0.2) is 65.5 Å². The summed E-state index contributed by atoms with van der Waals surface area (Å²) < 4.78 is 5.54. The Kier molecular flexibility index (Phi) is 6.56. The zero-order valence-electron chi connectivity index (χ0n) is 19.5. The lowest BCUT2D eigenvalue weighted by Gasteiger charge is -2.27. The first-order chi connectivity index (χ1) is 16.3. The Hall–Kier alpha value is -3.84. The number of likely N-dealkylation sites (N-methyl/N-ethyl adjacent to an activating group) is 1. The molecular weight excluding hydrogens is 432 g/mol. The number of likely N-dealkylation sites (tertiary alicyclic amines) is 1. The summed E-state index contributed by atoms with van der Waals surface area (Å²) in [4.78, 5) is 29.8. The maximum atomic E-state index is 13.3. The van der Waals surface area contributed by atoms with E-state index in [-0.39, 0.29) is 22.8 Å². The highest BCUT2D eigenvalue weighted by atomic mass is 16.5. The summed E-state index contributed by atoms with van der Waals surface area (Å²) in [6.45, 7) is 2.97. The summed E-state index contributed by atoms with van der Waals surface area (Å²) in [5.74, 6) is -1.41. The van der Waals surface area contributed by atoms with Crippen molar-refractivity contribution in [1.29, 1.82) is 0 Å². The SMILES string of the molecule is CCOc1cc(C2/C(=C(\O)c3cccc4ccccc34)C(=O)C(=O)N2CCN(C)C)ccc1O. The molecule has 0 spiro atoms. The van der Waals surface area contributed by atoms with Crippen molar-refractivity contribution in [2.45, 2.75) is 13.0 Å². The van der Waals surface area contributed by atoms with Gasteiger partial charge in [0.1, 0.15) is 5.76 Å². The van der Waals surface area contributed by atoms with Crippen molar-refractivity contribution in [3.63, 3.8) is 0 Å². The number of phenolic OH excluding ortho intramolecular Hbond substituents is 1. The number of carbonyl (C=O) groups excluding carboxylic acids is 2. The highest BCUT2D eigenvalue weighted by molar-refractivity contribution is 6.46. The molecule has 3 aromatic carbocycles. The number of aliphatic hydroxyl groups excluding tert-OH is 1. The van der Waals surface area contributed by atoms with Crippen molar-refractivity contribution in [2.75, 3.05) is 33.8 Å². The third kappa shape index (κ3) is 4.22. The van der Waals surface area contributed by atoms with Crippen LogP contribution in [-0.2, 0) is 9.59 Å². The number of hydrogen-bond donors (Lipinski definition) is 2. The average Bonchev–Trinajstić information content (AvgIpc) is 3.08. The zero-order valence-corrected chi connectivity index (χ0v) is 19.5. The number of fused-ring (bicyclic) bond motifs is 1. The molecule has 0 aliphatic carbocycles. The molecule has 1 saturated heterocycles. The van der Waals surface area contributed by atoms with Crippen molar-refractivity contribution in [3.8, 4) is 11.5 Å². The monoisotopic (exact) mass is 460 g/mol. The fraction of sp³-hybridized carbons (Fsp3) is 0.259. The molecule has 1 aliphatic rings. The highest BCUT2D eigenvalue weighted by Crippen LogP contribution is 2.42. The van der Waals surface area contributed by atoms with Crippen LogP contribution in [0.3, 0.4) is 0 Å². The second kappa shape index (κ2) is 9.57. The lowest BCUT2D eigenvalue weighted by molar-refractivity contribution is -0.140. The Morgan fingerprint density at radius 2 is 1.79 bits per heavy atom. The highest BCUT2D eigenvalue weighted by Gasteiger charge is 2.46. The summed E-state index contributed by atoms with van der Waals surface area (Å²) in [7, 11) is 3.77. The molecule has 1 aliphatic heterocycles. The Bertz CT molecular complexity index is 1280. The van der Waals surface area contributed by atoms with Crippen molar-refractivity contribution < 1.29 is 24.5 Å². The normalized spacial score (nSPS) is 17.6. The maximum absolute atomic E-state index is 13.3. The Balaban J connectivity index is 1.93. The van der Waals surface area contributed by atoms with Gasteiger partial charge < -0.3 is 24.7 Å². The van der Waals surface area contributed by atoms with E-state index in [1.807, 2.05) is 55.4 Å². The topological polar surface area (TPSA) is 90.3 Å². The number of rotatable bonds is 7. The van der Waals surface area contributed by atoms with Gasteiger partial charge in [-0.2, -0.15) is 0 Å². The minimum Gasteiger partial charge on any atom is -0.507 e. The molecule has 0 radical (unpaired) electrons. The first-order valence-corrected chi connectivity index (χ1v) is 11.2. The largest absolute Gasteiger partial charge is 0.507 e. The molecule has 2 N–H and O–H groups in total. The minimum absolute atomic E-state index is 0.0215. The quantitative estimate of drug-likeness (QED) is 0.316. The second-order valence-corrected chi connectivity index (χ2v) is 8.48. The number of amides is 1. The van der Waals surface area contributed by atoms with Crippen molar-refractivity contribution in [3.05, 3.63) is 77.4 Å². The van der Waals surface area contributed by atoms with E-state index >= 15 is 0 Å². The number of Topliss-reactive ketones (excluding diaryl/α,β-unsaturated/α-hetero) is 1. The van der Waals surface area contributed by atoms with E-state index in [1.165, 1.54) is 11.0 Å². The van der Waals surface area contributed by atoms with Gasteiger partial charge in [-0.1, -0.05) is 48.5 Å². The summed E-state index contributed by atoms with van der Waals surface area (Å²) >= 11 is 0. The Morgan fingerprint density at radius 3 is 2.53 bits per heavy atom. The first-order valence-electron chi connectivity index (χ1n) is 11.2. The van der Waals surface area contributed by atoms with Gasteiger partial charge in [0.2, 0.25) is 0 Å². The van der Waals surface area contributed by atoms with Gasteiger partial charge in [-0.3, -0.25) is 9.59 Å². The van der Waals surface area contributed by atoms with E-state index in [9.17, 15) is 19.8 Å². The van der Waals surface area contributed by atoms with E-state index < -0.39 is 17.7 Å². The van der Waals surface area contributed by atoms with Gasteiger partial charge in [0.15, 0.2) is 11.5 Å².